The first-order chi connectivity index (χ1) is 9.06. The molecule has 5 heteroatoms. The van der Waals surface area contributed by atoms with Crippen LogP contribution in [0.1, 0.15) is 18.4 Å². The van der Waals surface area contributed by atoms with Crippen molar-refractivity contribution in [1.82, 2.24) is 9.80 Å². The van der Waals surface area contributed by atoms with E-state index in [0.717, 1.165) is 25.2 Å². The highest BCUT2D eigenvalue weighted by Crippen LogP contribution is 2.18. The fourth-order valence-corrected chi connectivity index (χ4v) is 2.58. The van der Waals surface area contributed by atoms with E-state index in [2.05, 4.69) is 23.9 Å². The van der Waals surface area contributed by atoms with Crippen molar-refractivity contribution in [3.8, 4) is 0 Å². The molecule has 0 aromatic heterocycles. The molecule has 1 fully saturated rings. The van der Waals surface area contributed by atoms with E-state index in [1.54, 1.807) is 12.1 Å². The molecule has 0 unspecified atom stereocenters. The topological polar surface area (TPSA) is 49.6 Å². The Balaban J connectivity index is 1.91. The third kappa shape index (κ3) is 3.75. The molecular weight excluding hydrogens is 242 g/mol. The van der Waals surface area contributed by atoms with Crippen molar-refractivity contribution in [2.24, 2.45) is 0 Å². The fourth-order valence-electron chi connectivity index (χ4n) is 2.58. The van der Waals surface area contributed by atoms with Gasteiger partial charge in [-0.05, 0) is 45.6 Å². The molecule has 0 radical (unpaired) electrons. The molecule has 1 aliphatic heterocycles. The van der Waals surface area contributed by atoms with Crippen LogP contribution >= 0.6 is 0 Å². The van der Waals surface area contributed by atoms with Gasteiger partial charge < -0.3 is 4.90 Å². The zero-order valence-electron chi connectivity index (χ0n) is 11.6. The number of piperidine rings is 1. The summed E-state index contributed by atoms with van der Waals surface area (Å²) >= 11 is 0. The molecule has 0 aliphatic carbocycles. The molecular formula is C14H21N3O2. The number of benzene rings is 1. The number of hydrogen-bond acceptors (Lipinski definition) is 4. The maximum atomic E-state index is 10.6. The van der Waals surface area contributed by atoms with Gasteiger partial charge in [-0.1, -0.05) is 12.1 Å². The summed E-state index contributed by atoms with van der Waals surface area (Å²) in [6.07, 6.45) is 2.39. The van der Waals surface area contributed by atoms with Crippen molar-refractivity contribution < 1.29 is 4.92 Å². The van der Waals surface area contributed by atoms with Crippen molar-refractivity contribution in [3.05, 3.63) is 39.9 Å². The average molecular weight is 263 g/mol. The molecule has 0 spiro atoms. The van der Waals surface area contributed by atoms with Gasteiger partial charge in [0.05, 0.1) is 4.92 Å². The molecule has 1 heterocycles. The maximum Gasteiger partial charge on any atom is 0.269 e. The minimum Gasteiger partial charge on any atom is -0.306 e. The van der Waals surface area contributed by atoms with E-state index >= 15 is 0 Å². The van der Waals surface area contributed by atoms with Crippen LogP contribution in [0.5, 0.6) is 0 Å². The molecule has 0 bridgehead atoms. The zero-order valence-corrected chi connectivity index (χ0v) is 11.6. The third-order valence-corrected chi connectivity index (χ3v) is 3.89. The Kier molecular flexibility index (Phi) is 4.50. The summed E-state index contributed by atoms with van der Waals surface area (Å²) < 4.78 is 0. The van der Waals surface area contributed by atoms with E-state index in [1.807, 2.05) is 12.1 Å². The summed E-state index contributed by atoms with van der Waals surface area (Å²) in [5, 5.41) is 10.6. The van der Waals surface area contributed by atoms with Crippen molar-refractivity contribution in [1.29, 1.82) is 0 Å². The lowest BCUT2D eigenvalue weighted by Gasteiger charge is -2.35. The van der Waals surface area contributed by atoms with Crippen LogP contribution in [0, 0.1) is 10.1 Å². The van der Waals surface area contributed by atoms with Gasteiger partial charge in [-0.2, -0.15) is 0 Å². The maximum absolute atomic E-state index is 10.6. The van der Waals surface area contributed by atoms with Crippen molar-refractivity contribution in [3.63, 3.8) is 0 Å². The van der Waals surface area contributed by atoms with Crippen LogP contribution < -0.4 is 0 Å². The quantitative estimate of drug-likeness (QED) is 0.617. The predicted molar refractivity (Wildman–Crippen MR) is 75.1 cm³/mol. The Morgan fingerprint density at radius 3 is 2.42 bits per heavy atom. The molecule has 19 heavy (non-hydrogen) atoms. The monoisotopic (exact) mass is 263 g/mol. The molecule has 1 aromatic rings. The molecule has 1 saturated heterocycles. The van der Waals surface area contributed by atoms with E-state index in [1.165, 1.54) is 12.8 Å². The lowest BCUT2D eigenvalue weighted by atomic mass is 10.0. The second kappa shape index (κ2) is 6.12. The van der Waals surface area contributed by atoms with Gasteiger partial charge in [0.2, 0.25) is 0 Å². The highest BCUT2D eigenvalue weighted by atomic mass is 16.6. The van der Waals surface area contributed by atoms with Gasteiger partial charge in [0, 0.05) is 24.7 Å². The second-order valence-electron chi connectivity index (χ2n) is 5.37. The van der Waals surface area contributed by atoms with E-state index in [0.29, 0.717) is 6.04 Å². The first-order valence-electron chi connectivity index (χ1n) is 6.68. The number of hydrogen-bond donors (Lipinski definition) is 0. The number of nitrogens with zero attached hydrogens (tertiary/aromatic N) is 3. The van der Waals surface area contributed by atoms with Gasteiger partial charge in [-0.25, -0.2) is 0 Å². The van der Waals surface area contributed by atoms with Crippen LogP contribution in [0.2, 0.25) is 0 Å². The van der Waals surface area contributed by atoms with Crippen molar-refractivity contribution in [2.45, 2.75) is 25.4 Å². The molecule has 2 rings (SSSR count). The molecule has 5 nitrogen and oxygen atoms in total. The van der Waals surface area contributed by atoms with Crippen molar-refractivity contribution in [2.75, 3.05) is 27.2 Å². The van der Waals surface area contributed by atoms with E-state index in [4.69, 9.17) is 0 Å². The fraction of sp³-hybridized carbons (Fsp3) is 0.571. The molecule has 0 atom stereocenters. The van der Waals surface area contributed by atoms with E-state index in [9.17, 15) is 10.1 Å². The number of non-ortho nitro benzene ring substituents is 1. The van der Waals surface area contributed by atoms with Gasteiger partial charge in [0.1, 0.15) is 0 Å². The number of nitro benzene ring substituents is 1. The minimum absolute atomic E-state index is 0.158. The lowest BCUT2D eigenvalue weighted by Crippen LogP contribution is -2.41. The Hall–Kier alpha value is -1.46. The normalized spacial score (nSPS) is 17.8. The lowest BCUT2D eigenvalue weighted by molar-refractivity contribution is -0.384. The van der Waals surface area contributed by atoms with Crippen LogP contribution in [0.4, 0.5) is 5.69 Å². The molecule has 104 valence electrons. The molecule has 1 aromatic carbocycles. The zero-order chi connectivity index (χ0) is 13.8. The Morgan fingerprint density at radius 2 is 1.89 bits per heavy atom. The summed E-state index contributed by atoms with van der Waals surface area (Å²) in [6.45, 7) is 3.15. The van der Waals surface area contributed by atoms with Crippen LogP contribution in [0.25, 0.3) is 0 Å². The highest BCUT2D eigenvalue weighted by Gasteiger charge is 2.20. The van der Waals surface area contributed by atoms with Crippen LogP contribution in [0.3, 0.4) is 0 Å². The summed E-state index contributed by atoms with van der Waals surface area (Å²) in [6, 6.07) is 7.48. The largest absolute Gasteiger partial charge is 0.306 e. The second-order valence-corrected chi connectivity index (χ2v) is 5.37. The van der Waals surface area contributed by atoms with Gasteiger partial charge in [0.25, 0.3) is 5.69 Å². The standard InChI is InChI=1S/C14H21N3O2/c1-15-9-7-13(8-10-15)16(2)11-12-3-5-14(6-4-12)17(18)19/h3-6,13H,7-11H2,1-2H3. The summed E-state index contributed by atoms with van der Waals surface area (Å²) in [4.78, 5) is 15.0. The summed E-state index contributed by atoms with van der Waals surface area (Å²) in [5.74, 6) is 0. The highest BCUT2D eigenvalue weighted by molar-refractivity contribution is 5.32. The average Bonchev–Trinajstić information content (AvgIpc) is 2.40. The number of likely N-dealkylation sites (tertiary alicyclic amines) is 1. The van der Waals surface area contributed by atoms with Gasteiger partial charge in [0.15, 0.2) is 0 Å². The SMILES string of the molecule is CN1CCC(N(C)Cc2ccc([N+](=O)[O-])cc2)CC1. The number of rotatable bonds is 4. The predicted octanol–water partition coefficient (Wildman–Crippen LogP) is 2.12. The molecule has 0 saturated carbocycles. The van der Waals surface area contributed by atoms with E-state index in [-0.39, 0.29) is 10.6 Å². The summed E-state index contributed by atoms with van der Waals surface area (Å²) in [7, 11) is 4.30. The number of nitro groups is 1. The first-order valence-corrected chi connectivity index (χ1v) is 6.68. The van der Waals surface area contributed by atoms with Crippen LogP contribution in [-0.4, -0.2) is 47.9 Å². The minimum atomic E-state index is -0.357. The van der Waals surface area contributed by atoms with Crippen LogP contribution in [-0.2, 0) is 6.54 Å². The smallest absolute Gasteiger partial charge is 0.269 e. The Labute approximate surface area is 114 Å². The van der Waals surface area contributed by atoms with E-state index < -0.39 is 0 Å². The molecule has 0 N–H and O–H groups in total. The molecule has 0 amide bonds. The van der Waals surface area contributed by atoms with Gasteiger partial charge in [-0.3, -0.25) is 15.0 Å². The third-order valence-electron chi connectivity index (χ3n) is 3.89. The Morgan fingerprint density at radius 1 is 1.32 bits per heavy atom. The summed E-state index contributed by atoms with van der Waals surface area (Å²) in [5.41, 5.74) is 1.29. The van der Waals surface area contributed by atoms with Crippen LogP contribution in [0.15, 0.2) is 24.3 Å². The molecule has 1 aliphatic rings. The first kappa shape index (κ1) is 14.0. The van der Waals surface area contributed by atoms with Gasteiger partial charge in [-0.15, -0.1) is 0 Å². The Bertz CT molecular complexity index is 425. The van der Waals surface area contributed by atoms with Gasteiger partial charge >= 0.3 is 0 Å². The van der Waals surface area contributed by atoms with Crippen molar-refractivity contribution >= 4 is 5.69 Å².